The zero-order valence-electron chi connectivity index (χ0n) is 12.8. The van der Waals surface area contributed by atoms with Gasteiger partial charge < -0.3 is 10.0 Å². The SMILES string of the molecule is CCCN(CC(=O)O)C(=O)c1cc(Cl)nc(C(C)(C)C)c1. The van der Waals surface area contributed by atoms with Crippen molar-refractivity contribution in [1.29, 1.82) is 0 Å². The van der Waals surface area contributed by atoms with Crippen LogP contribution in [0.4, 0.5) is 0 Å². The van der Waals surface area contributed by atoms with Gasteiger partial charge in [-0.2, -0.15) is 0 Å². The molecule has 0 aliphatic heterocycles. The van der Waals surface area contributed by atoms with Crippen molar-refractivity contribution in [3.8, 4) is 0 Å². The van der Waals surface area contributed by atoms with Crippen molar-refractivity contribution >= 4 is 23.5 Å². The molecule has 0 saturated carbocycles. The molecule has 1 aromatic heterocycles. The van der Waals surface area contributed by atoms with Crippen LogP contribution in [-0.2, 0) is 10.2 Å². The molecule has 0 spiro atoms. The lowest BCUT2D eigenvalue weighted by atomic mass is 9.90. The Hall–Kier alpha value is -1.62. The van der Waals surface area contributed by atoms with E-state index in [1.165, 1.54) is 11.0 Å². The Morgan fingerprint density at radius 2 is 1.95 bits per heavy atom. The van der Waals surface area contributed by atoms with Crippen LogP contribution in [0, 0.1) is 0 Å². The summed E-state index contributed by atoms with van der Waals surface area (Å²) in [5, 5.41) is 9.15. The molecule has 0 aliphatic rings. The quantitative estimate of drug-likeness (QED) is 0.849. The van der Waals surface area contributed by atoms with Gasteiger partial charge in [0.2, 0.25) is 0 Å². The van der Waals surface area contributed by atoms with Gasteiger partial charge in [-0.15, -0.1) is 0 Å². The molecule has 0 unspecified atom stereocenters. The van der Waals surface area contributed by atoms with Gasteiger partial charge in [-0.25, -0.2) is 4.98 Å². The number of aromatic nitrogens is 1. The lowest BCUT2D eigenvalue weighted by Gasteiger charge is -2.22. The van der Waals surface area contributed by atoms with Crippen molar-refractivity contribution in [2.24, 2.45) is 0 Å². The summed E-state index contributed by atoms with van der Waals surface area (Å²) in [5.41, 5.74) is 0.822. The van der Waals surface area contributed by atoms with E-state index in [0.29, 0.717) is 24.2 Å². The molecule has 0 radical (unpaired) electrons. The van der Waals surface area contributed by atoms with E-state index in [1.54, 1.807) is 6.07 Å². The average molecular weight is 313 g/mol. The molecule has 0 saturated heterocycles. The molecule has 116 valence electrons. The van der Waals surface area contributed by atoms with Crippen LogP contribution in [0.25, 0.3) is 0 Å². The average Bonchev–Trinajstić information content (AvgIpc) is 2.35. The summed E-state index contributed by atoms with van der Waals surface area (Å²) in [6.07, 6.45) is 0.684. The Morgan fingerprint density at radius 3 is 2.43 bits per heavy atom. The Kier molecular flexibility index (Phi) is 5.72. The highest BCUT2D eigenvalue weighted by atomic mass is 35.5. The van der Waals surface area contributed by atoms with Gasteiger partial charge in [-0.1, -0.05) is 39.3 Å². The number of amides is 1. The topological polar surface area (TPSA) is 70.5 Å². The summed E-state index contributed by atoms with van der Waals surface area (Å²) in [7, 11) is 0. The van der Waals surface area contributed by atoms with Gasteiger partial charge in [-0.3, -0.25) is 9.59 Å². The van der Waals surface area contributed by atoms with E-state index in [1.807, 2.05) is 27.7 Å². The summed E-state index contributed by atoms with van der Waals surface area (Å²) in [6, 6.07) is 3.16. The molecule has 5 nitrogen and oxygen atoms in total. The molecule has 0 bridgehead atoms. The number of aliphatic carboxylic acids is 1. The Balaban J connectivity index is 3.15. The van der Waals surface area contributed by atoms with Crippen LogP contribution in [0.5, 0.6) is 0 Å². The first-order valence-electron chi connectivity index (χ1n) is 6.84. The lowest BCUT2D eigenvalue weighted by Crippen LogP contribution is -2.36. The number of carboxylic acid groups (broad SMARTS) is 1. The number of nitrogens with zero attached hydrogens (tertiary/aromatic N) is 2. The number of carbonyl (C=O) groups excluding carboxylic acids is 1. The standard InChI is InChI=1S/C15H21ClN2O3/c1-5-6-18(9-13(19)20)14(21)10-7-11(15(2,3)4)17-12(16)8-10/h7-8H,5-6,9H2,1-4H3,(H,19,20). The second kappa shape index (κ2) is 6.89. The molecule has 0 fully saturated rings. The van der Waals surface area contributed by atoms with Crippen molar-refractivity contribution < 1.29 is 14.7 Å². The number of halogens is 1. The van der Waals surface area contributed by atoms with Crippen LogP contribution in [0.15, 0.2) is 12.1 Å². The predicted octanol–water partition coefficient (Wildman–Crippen LogP) is 2.97. The predicted molar refractivity (Wildman–Crippen MR) is 81.8 cm³/mol. The molecular weight excluding hydrogens is 292 g/mol. The molecule has 1 aromatic rings. The van der Waals surface area contributed by atoms with Crippen LogP contribution >= 0.6 is 11.6 Å². The van der Waals surface area contributed by atoms with Gasteiger partial charge in [0.05, 0.1) is 0 Å². The first-order chi connectivity index (χ1) is 9.65. The minimum Gasteiger partial charge on any atom is -0.480 e. The van der Waals surface area contributed by atoms with Gasteiger partial charge in [0.25, 0.3) is 5.91 Å². The molecule has 0 atom stereocenters. The number of pyridine rings is 1. The smallest absolute Gasteiger partial charge is 0.323 e. The maximum atomic E-state index is 12.5. The fraction of sp³-hybridized carbons (Fsp3) is 0.533. The van der Waals surface area contributed by atoms with Crippen LogP contribution in [0.2, 0.25) is 5.15 Å². The zero-order chi connectivity index (χ0) is 16.2. The van der Waals surface area contributed by atoms with Crippen molar-refractivity contribution in [3.05, 3.63) is 28.5 Å². The van der Waals surface area contributed by atoms with Crippen molar-refractivity contribution in [3.63, 3.8) is 0 Å². The summed E-state index contributed by atoms with van der Waals surface area (Å²) in [5.74, 6) is -1.37. The third-order valence-corrected chi connectivity index (χ3v) is 3.11. The minimum absolute atomic E-state index is 0.234. The molecular formula is C15H21ClN2O3. The molecule has 1 amide bonds. The highest BCUT2D eigenvalue weighted by Gasteiger charge is 2.22. The summed E-state index contributed by atoms with van der Waals surface area (Å²) < 4.78 is 0. The zero-order valence-corrected chi connectivity index (χ0v) is 13.6. The number of carbonyl (C=O) groups is 2. The molecule has 21 heavy (non-hydrogen) atoms. The third-order valence-electron chi connectivity index (χ3n) is 2.92. The van der Waals surface area contributed by atoms with Gasteiger partial charge in [0, 0.05) is 23.2 Å². The van der Waals surface area contributed by atoms with Crippen LogP contribution in [0.1, 0.15) is 50.2 Å². The fourth-order valence-corrected chi connectivity index (χ4v) is 2.08. The highest BCUT2D eigenvalue weighted by Crippen LogP contribution is 2.24. The van der Waals surface area contributed by atoms with E-state index < -0.39 is 5.97 Å². The van der Waals surface area contributed by atoms with Gasteiger partial charge >= 0.3 is 5.97 Å². The van der Waals surface area contributed by atoms with E-state index in [0.717, 1.165) is 0 Å². The molecule has 0 aromatic carbocycles. The molecule has 1 rings (SSSR count). The number of rotatable bonds is 5. The Morgan fingerprint density at radius 1 is 1.33 bits per heavy atom. The second-order valence-corrected chi connectivity index (χ2v) is 6.32. The second-order valence-electron chi connectivity index (χ2n) is 5.93. The monoisotopic (exact) mass is 312 g/mol. The van der Waals surface area contributed by atoms with Gasteiger partial charge in [0.15, 0.2) is 0 Å². The van der Waals surface area contributed by atoms with Crippen molar-refractivity contribution in [1.82, 2.24) is 9.88 Å². The Labute approximate surface area is 129 Å². The number of hydrogen-bond acceptors (Lipinski definition) is 3. The van der Waals surface area contributed by atoms with Crippen LogP contribution in [0.3, 0.4) is 0 Å². The van der Waals surface area contributed by atoms with E-state index in [4.69, 9.17) is 16.7 Å². The molecule has 6 heteroatoms. The maximum Gasteiger partial charge on any atom is 0.323 e. The largest absolute Gasteiger partial charge is 0.480 e. The van der Waals surface area contributed by atoms with E-state index in [2.05, 4.69) is 4.98 Å². The first kappa shape index (κ1) is 17.4. The molecule has 0 aliphatic carbocycles. The van der Waals surface area contributed by atoms with E-state index >= 15 is 0 Å². The fourth-order valence-electron chi connectivity index (χ4n) is 1.87. The maximum absolute atomic E-state index is 12.5. The van der Waals surface area contributed by atoms with Crippen LogP contribution in [-0.4, -0.2) is 40.0 Å². The minimum atomic E-state index is -1.03. The van der Waals surface area contributed by atoms with Crippen molar-refractivity contribution in [2.75, 3.05) is 13.1 Å². The normalized spacial score (nSPS) is 11.3. The summed E-state index contributed by atoms with van der Waals surface area (Å²) >= 11 is 5.99. The number of hydrogen-bond donors (Lipinski definition) is 1. The highest BCUT2D eigenvalue weighted by molar-refractivity contribution is 6.29. The summed E-state index contributed by atoms with van der Waals surface area (Å²) in [6.45, 7) is 7.87. The lowest BCUT2D eigenvalue weighted by molar-refractivity contribution is -0.137. The number of carboxylic acids is 1. The van der Waals surface area contributed by atoms with E-state index in [-0.39, 0.29) is 23.0 Å². The van der Waals surface area contributed by atoms with Crippen LogP contribution < -0.4 is 0 Å². The van der Waals surface area contributed by atoms with Gasteiger partial charge in [0.1, 0.15) is 11.7 Å². The van der Waals surface area contributed by atoms with Gasteiger partial charge in [-0.05, 0) is 18.6 Å². The Bertz CT molecular complexity index is 538. The first-order valence-corrected chi connectivity index (χ1v) is 7.22. The molecule has 1 N–H and O–H groups in total. The third kappa shape index (κ3) is 5.01. The summed E-state index contributed by atoms with van der Waals surface area (Å²) in [4.78, 5) is 28.9. The van der Waals surface area contributed by atoms with E-state index in [9.17, 15) is 9.59 Å². The molecule has 1 heterocycles. The van der Waals surface area contributed by atoms with Crippen molar-refractivity contribution in [2.45, 2.75) is 39.5 Å².